The largest absolute Gasteiger partial charge is 0.356 e. The van der Waals surface area contributed by atoms with Gasteiger partial charge >= 0.3 is 0 Å². The Balaban J connectivity index is 1.75. The number of nitrogens with one attached hydrogen (secondary N) is 1. The van der Waals surface area contributed by atoms with E-state index in [0.29, 0.717) is 6.61 Å². The first-order valence-corrected chi connectivity index (χ1v) is 7.37. The molecule has 3 rings (SSSR count). The van der Waals surface area contributed by atoms with Gasteiger partial charge in [0.05, 0.1) is 13.2 Å². The maximum atomic E-state index is 10.9. The number of fused-ring (bicyclic) bond motifs is 3. The molecule has 114 valence electrons. The molecule has 1 unspecified atom stereocenters. The monoisotopic (exact) mass is 297 g/mol. The van der Waals surface area contributed by atoms with Crippen LogP contribution in [0.15, 0.2) is 48.5 Å². The molecule has 2 aromatic rings. The molecule has 0 radical (unpaired) electrons. The highest BCUT2D eigenvalue weighted by Gasteiger charge is 2.28. The van der Waals surface area contributed by atoms with E-state index in [9.17, 15) is 9.90 Å². The van der Waals surface area contributed by atoms with Crippen LogP contribution in [0.3, 0.4) is 0 Å². The minimum Gasteiger partial charge on any atom is -0.356 e. The van der Waals surface area contributed by atoms with Gasteiger partial charge in [-0.2, -0.15) is 0 Å². The normalized spacial score (nSPS) is 14.5. The number of Topliss-reactive ketones (excluding diaryl/α,β-unsaturated/α-hetero) is 1. The fourth-order valence-electron chi connectivity index (χ4n) is 2.92. The van der Waals surface area contributed by atoms with E-state index < -0.39 is 6.41 Å². The van der Waals surface area contributed by atoms with Crippen molar-refractivity contribution >= 4 is 5.78 Å². The van der Waals surface area contributed by atoms with Gasteiger partial charge in [0.25, 0.3) is 0 Å². The minimum atomic E-state index is -1.14. The first-order valence-electron chi connectivity index (χ1n) is 7.37. The van der Waals surface area contributed by atoms with Crippen LogP contribution in [0.2, 0.25) is 0 Å². The minimum absolute atomic E-state index is 0.0424. The Morgan fingerprint density at radius 2 is 1.68 bits per heavy atom. The van der Waals surface area contributed by atoms with Crippen molar-refractivity contribution in [3.63, 3.8) is 0 Å². The molecule has 0 fully saturated rings. The van der Waals surface area contributed by atoms with E-state index in [1.807, 2.05) is 24.3 Å². The second-order valence-corrected chi connectivity index (χ2v) is 5.50. The van der Waals surface area contributed by atoms with E-state index in [4.69, 9.17) is 4.74 Å². The number of benzene rings is 2. The summed E-state index contributed by atoms with van der Waals surface area (Å²) < 4.78 is 5.48. The molecule has 2 N–H and O–H groups in total. The van der Waals surface area contributed by atoms with E-state index in [1.165, 1.54) is 29.2 Å². The van der Waals surface area contributed by atoms with Crippen LogP contribution in [0.25, 0.3) is 11.1 Å². The van der Waals surface area contributed by atoms with Crippen LogP contribution >= 0.6 is 0 Å². The molecule has 0 aliphatic heterocycles. The fraction of sp³-hybridized carbons (Fsp3) is 0.278. The molecule has 0 amide bonds. The van der Waals surface area contributed by atoms with Crippen LogP contribution in [0, 0.1) is 0 Å². The number of aliphatic hydroxyl groups is 1. The summed E-state index contributed by atoms with van der Waals surface area (Å²) >= 11 is 0. The summed E-state index contributed by atoms with van der Waals surface area (Å²) in [5, 5.41) is 12.4. The van der Waals surface area contributed by atoms with Gasteiger partial charge in [-0.25, -0.2) is 0 Å². The molecular formula is C18H19NO3. The highest BCUT2D eigenvalue weighted by Crippen LogP contribution is 2.44. The van der Waals surface area contributed by atoms with Gasteiger partial charge < -0.3 is 9.84 Å². The SMILES string of the molecule is CC(=O)CNC(O)OCC1c2ccccc2-c2ccccc21. The number of hydrogen-bond acceptors (Lipinski definition) is 4. The molecule has 0 aromatic heterocycles. The van der Waals surface area contributed by atoms with Gasteiger partial charge in [-0.1, -0.05) is 48.5 Å². The van der Waals surface area contributed by atoms with Crippen molar-refractivity contribution in [1.82, 2.24) is 5.32 Å². The topological polar surface area (TPSA) is 58.6 Å². The average molecular weight is 297 g/mol. The number of carbonyl (C=O) groups excluding carboxylic acids is 1. The molecule has 1 aliphatic carbocycles. The van der Waals surface area contributed by atoms with E-state index in [2.05, 4.69) is 29.6 Å². The van der Waals surface area contributed by atoms with Gasteiger partial charge in [0.1, 0.15) is 5.78 Å². The zero-order chi connectivity index (χ0) is 15.5. The third kappa shape index (κ3) is 2.95. The van der Waals surface area contributed by atoms with Crippen molar-refractivity contribution in [2.45, 2.75) is 19.3 Å². The average Bonchev–Trinajstić information content (AvgIpc) is 2.85. The van der Waals surface area contributed by atoms with Crippen molar-refractivity contribution in [3.8, 4) is 11.1 Å². The number of ketones is 1. The second kappa shape index (κ2) is 6.40. The molecule has 0 saturated carbocycles. The molecule has 1 aliphatic rings. The zero-order valence-corrected chi connectivity index (χ0v) is 12.5. The molecular weight excluding hydrogens is 278 g/mol. The molecule has 1 atom stereocenters. The van der Waals surface area contributed by atoms with Crippen molar-refractivity contribution in [3.05, 3.63) is 59.7 Å². The summed E-state index contributed by atoms with van der Waals surface area (Å²) in [6.45, 7) is 1.92. The Bertz CT molecular complexity index is 638. The Kier molecular flexibility index (Phi) is 4.34. The Hall–Kier alpha value is -2.01. The van der Waals surface area contributed by atoms with Crippen LogP contribution in [0.4, 0.5) is 0 Å². The summed E-state index contributed by atoms with van der Waals surface area (Å²) in [5.41, 5.74) is 4.86. The lowest BCUT2D eigenvalue weighted by atomic mass is 9.98. The highest BCUT2D eigenvalue weighted by atomic mass is 16.6. The van der Waals surface area contributed by atoms with E-state index >= 15 is 0 Å². The third-order valence-corrected chi connectivity index (χ3v) is 3.91. The van der Waals surface area contributed by atoms with Gasteiger partial charge in [0.2, 0.25) is 6.41 Å². The standard InChI is InChI=1S/C18H19NO3/c1-12(20)10-19-18(21)22-11-17-15-8-4-2-6-13(15)14-7-3-5-9-16(14)17/h2-9,17-19,21H,10-11H2,1H3. The van der Waals surface area contributed by atoms with Gasteiger partial charge in [-0.05, 0) is 29.2 Å². The molecule has 4 heteroatoms. The van der Waals surface area contributed by atoms with Crippen LogP contribution < -0.4 is 5.32 Å². The van der Waals surface area contributed by atoms with Crippen molar-refractivity contribution < 1.29 is 14.6 Å². The fourth-order valence-corrected chi connectivity index (χ4v) is 2.92. The number of aliphatic hydroxyl groups excluding tert-OH is 1. The third-order valence-electron chi connectivity index (χ3n) is 3.91. The summed E-state index contributed by atoms with van der Waals surface area (Å²) in [5.74, 6) is 0.0559. The predicted octanol–water partition coefficient (Wildman–Crippen LogP) is 2.27. The Morgan fingerprint density at radius 1 is 1.14 bits per heavy atom. The summed E-state index contributed by atoms with van der Waals surface area (Å²) in [6.07, 6.45) is -1.14. The van der Waals surface area contributed by atoms with E-state index in [0.717, 1.165) is 0 Å². The van der Waals surface area contributed by atoms with Crippen molar-refractivity contribution in [2.75, 3.05) is 13.2 Å². The van der Waals surface area contributed by atoms with Crippen molar-refractivity contribution in [2.24, 2.45) is 0 Å². The first-order chi connectivity index (χ1) is 10.7. The van der Waals surface area contributed by atoms with Gasteiger partial charge in [-0.3, -0.25) is 10.1 Å². The van der Waals surface area contributed by atoms with Crippen LogP contribution in [-0.4, -0.2) is 30.5 Å². The molecule has 22 heavy (non-hydrogen) atoms. The maximum absolute atomic E-state index is 10.9. The first kappa shape index (κ1) is 14.9. The maximum Gasteiger partial charge on any atom is 0.213 e. The van der Waals surface area contributed by atoms with Gasteiger partial charge in [0.15, 0.2) is 0 Å². The number of rotatable bonds is 6. The predicted molar refractivity (Wildman–Crippen MR) is 84.4 cm³/mol. The van der Waals surface area contributed by atoms with Crippen molar-refractivity contribution in [1.29, 1.82) is 0 Å². The van der Waals surface area contributed by atoms with E-state index in [-0.39, 0.29) is 18.2 Å². The van der Waals surface area contributed by atoms with Crippen LogP contribution in [0.1, 0.15) is 24.0 Å². The molecule has 0 bridgehead atoms. The molecule has 2 aromatic carbocycles. The van der Waals surface area contributed by atoms with Gasteiger partial charge in [-0.15, -0.1) is 0 Å². The van der Waals surface area contributed by atoms with E-state index in [1.54, 1.807) is 0 Å². The zero-order valence-electron chi connectivity index (χ0n) is 12.5. The lowest BCUT2D eigenvalue weighted by molar-refractivity contribution is -0.131. The number of ether oxygens (including phenoxy) is 1. The summed E-state index contributed by atoms with van der Waals surface area (Å²) in [7, 11) is 0. The molecule has 0 saturated heterocycles. The molecule has 0 heterocycles. The second-order valence-electron chi connectivity index (χ2n) is 5.50. The van der Waals surface area contributed by atoms with Crippen LogP contribution in [-0.2, 0) is 9.53 Å². The Morgan fingerprint density at radius 3 is 2.23 bits per heavy atom. The smallest absolute Gasteiger partial charge is 0.213 e. The lowest BCUT2D eigenvalue weighted by Crippen LogP contribution is -2.35. The highest BCUT2D eigenvalue weighted by molar-refractivity contribution is 5.78. The lowest BCUT2D eigenvalue weighted by Gasteiger charge is -2.18. The quantitative estimate of drug-likeness (QED) is 0.803. The van der Waals surface area contributed by atoms with Gasteiger partial charge in [0, 0.05) is 5.92 Å². The molecule has 4 nitrogen and oxygen atoms in total. The number of hydrogen-bond donors (Lipinski definition) is 2. The number of carbonyl (C=O) groups is 1. The summed E-state index contributed by atoms with van der Waals surface area (Å²) in [6, 6.07) is 16.5. The molecule has 0 spiro atoms. The Labute approximate surface area is 129 Å². The summed E-state index contributed by atoms with van der Waals surface area (Å²) in [4.78, 5) is 10.9. The van der Waals surface area contributed by atoms with Crippen LogP contribution in [0.5, 0.6) is 0 Å².